The molecule has 1 aromatic heterocycles. The lowest BCUT2D eigenvalue weighted by molar-refractivity contribution is 0.660. The normalized spacial score (nSPS) is 15.3. The molecule has 15 rings (SSSR count). The lowest BCUT2D eigenvalue weighted by Crippen LogP contribution is -2.33. The van der Waals surface area contributed by atoms with Gasteiger partial charge in [0.15, 0.2) is 0 Å². The van der Waals surface area contributed by atoms with E-state index in [9.17, 15) is 0 Å². The van der Waals surface area contributed by atoms with Crippen LogP contribution in [0.15, 0.2) is 218 Å². The van der Waals surface area contributed by atoms with Crippen LogP contribution in [-0.2, 0) is 16.2 Å². The van der Waals surface area contributed by atoms with Crippen molar-refractivity contribution in [2.24, 2.45) is 0 Å². The summed E-state index contributed by atoms with van der Waals surface area (Å²) in [5.74, 6) is 0. The highest BCUT2D eigenvalue weighted by Gasteiger charge is 2.51. The molecule has 0 amide bonds. The summed E-state index contributed by atoms with van der Waals surface area (Å²) in [6.45, 7) is 9.51. The number of para-hydroxylation sites is 3. The molecule has 0 fully saturated rings. The Morgan fingerprint density at radius 1 is 0.333 bits per heavy atom. The van der Waals surface area contributed by atoms with Gasteiger partial charge in [-0.05, 0) is 132 Å². The summed E-state index contributed by atoms with van der Waals surface area (Å²) in [5, 5.41) is 2.57. The van der Waals surface area contributed by atoms with Gasteiger partial charge in [0, 0.05) is 38.5 Å². The van der Waals surface area contributed by atoms with Gasteiger partial charge in [-0.1, -0.05) is 198 Å². The van der Waals surface area contributed by atoms with Crippen molar-refractivity contribution in [2.45, 2.75) is 43.9 Å². The van der Waals surface area contributed by atoms with Gasteiger partial charge in [-0.15, -0.1) is 0 Å². The summed E-state index contributed by atoms with van der Waals surface area (Å²) in [6, 6.07) is 83.1. The van der Waals surface area contributed by atoms with Crippen LogP contribution in [0.3, 0.4) is 0 Å². The van der Waals surface area contributed by atoms with Crippen LogP contribution >= 0.6 is 0 Å². The van der Waals surface area contributed by atoms with Gasteiger partial charge in [-0.2, -0.15) is 0 Å². The minimum atomic E-state index is -0.544. The standard InChI is InChI=1S/C67H48N2/c1-65(2)54-26-12-6-22-48(54)52-39-42(34-36-55(52)65)68(43-33-35-49-45-19-5-11-25-53(45)66(3,4)59(49)40-43)61-30-15-9-18-44(61)41-32-37-63-60(38-41)67(56-27-13-7-20-46(56)47-21-8-14-28-57(47)67)58-29-17-24-51-50-23-10-16-31-62(50)69(63)64(51)58/h5-40H,1-4H3. The van der Waals surface area contributed by atoms with Crippen LogP contribution in [0.2, 0.25) is 0 Å². The minimum absolute atomic E-state index is 0.0949. The number of hydrogen-bond donors (Lipinski definition) is 0. The Labute approximate surface area is 403 Å². The Balaban J connectivity index is 1.00. The number of rotatable bonds is 4. The van der Waals surface area contributed by atoms with Crippen molar-refractivity contribution in [1.29, 1.82) is 0 Å². The molecule has 326 valence electrons. The average Bonchev–Trinajstić information content (AvgIpc) is 4.04. The summed E-state index contributed by atoms with van der Waals surface area (Å²) in [4.78, 5) is 2.54. The van der Waals surface area contributed by atoms with Gasteiger partial charge in [0.05, 0.1) is 27.8 Å². The summed E-state index contributed by atoms with van der Waals surface area (Å²) in [5.41, 5.74) is 27.5. The van der Waals surface area contributed by atoms with Crippen molar-refractivity contribution in [3.63, 3.8) is 0 Å². The molecule has 2 heterocycles. The van der Waals surface area contributed by atoms with Crippen LogP contribution in [0.4, 0.5) is 17.1 Å². The van der Waals surface area contributed by atoms with Gasteiger partial charge < -0.3 is 9.47 Å². The molecule has 0 atom stereocenters. The van der Waals surface area contributed by atoms with E-state index in [1.54, 1.807) is 0 Å². The molecule has 2 heteroatoms. The highest BCUT2D eigenvalue weighted by molar-refractivity contribution is 6.13. The second kappa shape index (κ2) is 13.5. The molecule has 0 radical (unpaired) electrons. The van der Waals surface area contributed by atoms with Crippen LogP contribution in [0.25, 0.3) is 72.0 Å². The van der Waals surface area contributed by atoms with E-state index < -0.39 is 5.41 Å². The zero-order valence-corrected chi connectivity index (χ0v) is 39.2. The molecule has 4 aliphatic rings. The fourth-order valence-electron chi connectivity index (χ4n) is 13.7. The van der Waals surface area contributed by atoms with E-state index in [-0.39, 0.29) is 10.8 Å². The van der Waals surface area contributed by atoms with Crippen LogP contribution in [-0.4, -0.2) is 4.57 Å². The Hall–Kier alpha value is -8.20. The smallest absolute Gasteiger partial charge is 0.0754 e. The highest BCUT2D eigenvalue weighted by Crippen LogP contribution is 2.62. The van der Waals surface area contributed by atoms with Crippen molar-refractivity contribution < 1.29 is 0 Å². The molecule has 1 spiro atoms. The monoisotopic (exact) mass is 880 g/mol. The van der Waals surface area contributed by atoms with E-state index in [4.69, 9.17) is 0 Å². The highest BCUT2D eigenvalue weighted by atomic mass is 15.1. The van der Waals surface area contributed by atoms with Crippen LogP contribution < -0.4 is 4.90 Å². The number of benzene rings is 10. The first-order chi connectivity index (χ1) is 33.8. The molecule has 10 aromatic carbocycles. The average molecular weight is 881 g/mol. The van der Waals surface area contributed by atoms with Crippen molar-refractivity contribution in [1.82, 2.24) is 4.57 Å². The van der Waals surface area contributed by atoms with E-state index in [0.29, 0.717) is 0 Å². The number of hydrogen-bond acceptors (Lipinski definition) is 1. The Morgan fingerprint density at radius 3 is 1.57 bits per heavy atom. The molecular formula is C67H48N2. The second-order valence-electron chi connectivity index (χ2n) is 20.8. The molecule has 1 aliphatic heterocycles. The number of anilines is 3. The fourth-order valence-corrected chi connectivity index (χ4v) is 13.7. The maximum Gasteiger partial charge on any atom is 0.0754 e. The van der Waals surface area contributed by atoms with Crippen LogP contribution in [0, 0.1) is 0 Å². The van der Waals surface area contributed by atoms with E-state index in [1.807, 2.05) is 0 Å². The van der Waals surface area contributed by atoms with Crippen molar-refractivity contribution in [2.75, 3.05) is 4.90 Å². The third-order valence-electron chi connectivity index (χ3n) is 16.8. The molecule has 69 heavy (non-hydrogen) atoms. The maximum absolute atomic E-state index is 2.56. The molecule has 0 saturated carbocycles. The van der Waals surface area contributed by atoms with Gasteiger partial charge in [0.25, 0.3) is 0 Å². The zero-order chi connectivity index (χ0) is 46.0. The van der Waals surface area contributed by atoms with Crippen LogP contribution in [0.1, 0.15) is 72.2 Å². The zero-order valence-electron chi connectivity index (χ0n) is 39.2. The minimum Gasteiger partial charge on any atom is -0.310 e. The van der Waals surface area contributed by atoms with Crippen LogP contribution in [0.5, 0.6) is 0 Å². The van der Waals surface area contributed by atoms with E-state index in [0.717, 1.165) is 17.1 Å². The van der Waals surface area contributed by atoms with Crippen molar-refractivity contribution in [3.8, 4) is 50.2 Å². The predicted molar refractivity (Wildman–Crippen MR) is 287 cm³/mol. The number of aromatic nitrogens is 1. The SMILES string of the molecule is CC1(C)c2ccccc2-c2cc(N(c3ccc4c(c3)C(C)(C)c3ccccc3-4)c3ccccc3-c3ccc4c(c3)C3(c5ccccc5-c5ccccc53)c3cccc5c6ccccc6n-4c35)ccc21. The first kappa shape index (κ1) is 38.9. The van der Waals surface area contributed by atoms with Gasteiger partial charge >= 0.3 is 0 Å². The first-order valence-corrected chi connectivity index (χ1v) is 24.5. The largest absolute Gasteiger partial charge is 0.310 e. The van der Waals surface area contributed by atoms with Crippen molar-refractivity contribution in [3.05, 3.63) is 263 Å². The van der Waals surface area contributed by atoms with Gasteiger partial charge in [0.2, 0.25) is 0 Å². The third-order valence-corrected chi connectivity index (χ3v) is 16.8. The molecular weight excluding hydrogens is 833 g/mol. The quantitative estimate of drug-likeness (QED) is 0.171. The van der Waals surface area contributed by atoms with Crippen molar-refractivity contribution >= 4 is 38.9 Å². The lowest BCUT2D eigenvalue weighted by atomic mass is 9.65. The lowest BCUT2D eigenvalue weighted by Gasteiger charge is -2.40. The van der Waals surface area contributed by atoms with E-state index >= 15 is 0 Å². The molecule has 2 nitrogen and oxygen atoms in total. The molecule has 0 saturated heterocycles. The van der Waals surface area contributed by atoms with Gasteiger partial charge in [-0.25, -0.2) is 0 Å². The molecule has 11 aromatic rings. The summed E-state index contributed by atoms with van der Waals surface area (Å²) in [6.07, 6.45) is 0. The maximum atomic E-state index is 2.56. The summed E-state index contributed by atoms with van der Waals surface area (Å²) < 4.78 is 2.56. The number of nitrogens with zero attached hydrogens (tertiary/aromatic N) is 2. The third kappa shape index (κ3) is 4.86. The van der Waals surface area contributed by atoms with E-state index in [1.165, 1.54) is 117 Å². The van der Waals surface area contributed by atoms with Gasteiger partial charge in [-0.3, -0.25) is 0 Å². The topological polar surface area (TPSA) is 8.17 Å². The summed E-state index contributed by atoms with van der Waals surface area (Å²) >= 11 is 0. The Bertz CT molecular complexity index is 4000. The molecule has 0 N–H and O–H groups in total. The molecule has 3 aliphatic carbocycles. The first-order valence-electron chi connectivity index (χ1n) is 24.5. The molecule has 0 unspecified atom stereocenters. The Morgan fingerprint density at radius 2 is 0.841 bits per heavy atom. The fraction of sp³-hybridized carbons (Fsp3) is 0.104. The number of fused-ring (bicyclic) bond motifs is 18. The second-order valence-corrected chi connectivity index (χ2v) is 20.8. The summed E-state index contributed by atoms with van der Waals surface area (Å²) in [7, 11) is 0. The predicted octanol–water partition coefficient (Wildman–Crippen LogP) is 17.2. The molecule has 0 bridgehead atoms. The van der Waals surface area contributed by atoms with E-state index in [2.05, 4.69) is 256 Å². The van der Waals surface area contributed by atoms with Gasteiger partial charge in [0.1, 0.15) is 0 Å². The Kier molecular flexibility index (Phi) is 7.60.